The number of aliphatic hydroxyl groups is 1. The fraction of sp³-hybridized carbons (Fsp3) is 0.400. The normalized spacial score (nSPS) is 30.2. The first-order valence-corrected chi connectivity index (χ1v) is 10.3. The highest BCUT2D eigenvalue weighted by molar-refractivity contribution is 6.26. The van der Waals surface area contributed by atoms with E-state index in [0.717, 1.165) is 34.4 Å². The lowest BCUT2D eigenvalue weighted by Gasteiger charge is -2.27. The molecule has 5 rings (SSSR count). The van der Waals surface area contributed by atoms with Gasteiger partial charge in [0.1, 0.15) is 11.5 Å². The van der Waals surface area contributed by atoms with Crippen LogP contribution >= 0.6 is 0 Å². The quantitative estimate of drug-likeness (QED) is 0.828. The molecule has 2 aliphatic heterocycles. The highest BCUT2D eigenvalue weighted by atomic mass is 16.5. The number of Topliss-reactive ketones (excluding diaryl/α,β-unsaturated/α-hetero) is 1. The van der Waals surface area contributed by atoms with Crippen molar-refractivity contribution >= 4 is 11.4 Å². The van der Waals surface area contributed by atoms with Crippen molar-refractivity contribution in [1.29, 1.82) is 0 Å². The van der Waals surface area contributed by atoms with Gasteiger partial charge in [-0.25, -0.2) is 0 Å². The zero-order chi connectivity index (χ0) is 20.4. The third-order valence-corrected chi connectivity index (χ3v) is 6.95. The Hall–Kier alpha value is -2.59. The maximum absolute atomic E-state index is 13.4. The van der Waals surface area contributed by atoms with E-state index in [-0.39, 0.29) is 41.5 Å². The van der Waals surface area contributed by atoms with E-state index in [2.05, 4.69) is 31.2 Å². The predicted octanol–water partition coefficient (Wildman–Crippen LogP) is 4.66. The summed E-state index contributed by atoms with van der Waals surface area (Å²) < 4.78 is 11.5. The van der Waals surface area contributed by atoms with Gasteiger partial charge in [-0.15, -0.1) is 0 Å². The Morgan fingerprint density at radius 2 is 1.69 bits per heavy atom. The molecule has 1 aliphatic carbocycles. The molecule has 2 fully saturated rings. The van der Waals surface area contributed by atoms with Gasteiger partial charge < -0.3 is 14.6 Å². The first-order valence-electron chi connectivity index (χ1n) is 10.3. The number of aryl methyl sites for hydroxylation is 3. The highest BCUT2D eigenvalue weighted by Gasteiger charge is 2.62. The fourth-order valence-electron chi connectivity index (χ4n) is 5.86. The van der Waals surface area contributed by atoms with Crippen LogP contribution in [-0.2, 0) is 9.53 Å². The molecule has 2 aromatic carbocycles. The number of methoxy groups -OCH3 is 1. The number of benzene rings is 2. The van der Waals surface area contributed by atoms with Crippen molar-refractivity contribution in [1.82, 2.24) is 0 Å². The van der Waals surface area contributed by atoms with Crippen molar-refractivity contribution in [2.24, 2.45) is 11.8 Å². The number of rotatable bonds is 3. The Kier molecular flexibility index (Phi) is 4.11. The molecular formula is C25H26O4. The van der Waals surface area contributed by atoms with Crippen molar-refractivity contribution in [3.63, 3.8) is 0 Å². The lowest BCUT2D eigenvalue weighted by Crippen LogP contribution is -2.33. The number of carbonyl (C=O) groups excluding carboxylic acids is 1. The average molecular weight is 390 g/mol. The van der Waals surface area contributed by atoms with Gasteiger partial charge in [0.25, 0.3) is 0 Å². The van der Waals surface area contributed by atoms with Crippen LogP contribution in [0.15, 0.2) is 42.2 Å². The summed E-state index contributed by atoms with van der Waals surface area (Å²) in [5, 5.41) is 11.2. The predicted molar refractivity (Wildman–Crippen MR) is 111 cm³/mol. The molecule has 0 radical (unpaired) electrons. The Morgan fingerprint density at radius 1 is 1.03 bits per heavy atom. The van der Waals surface area contributed by atoms with Crippen molar-refractivity contribution in [3.05, 3.63) is 70.0 Å². The minimum absolute atomic E-state index is 0.0447. The monoisotopic (exact) mass is 390 g/mol. The number of aliphatic hydroxyl groups excluding tert-OH is 1. The minimum Gasteiger partial charge on any atom is -0.511 e. The van der Waals surface area contributed by atoms with Gasteiger partial charge in [-0.3, -0.25) is 4.79 Å². The van der Waals surface area contributed by atoms with Gasteiger partial charge in [0, 0.05) is 5.92 Å². The van der Waals surface area contributed by atoms with Crippen LogP contribution in [0.2, 0.25) is 0 Å². The second-order valence-corrected chi connectivity index (χ2v) is 8.70. The molecule has 0 amide bonds. The summed E-state index contributed by atoms with van der Waals surface area (Å²) in [6, 6.07) is 12.2. The average Bonchev–Trinajstić information content (AvgIpc) is 3.34. The van der Waals surface area contributed by atoms with Crippen LogP contribution in [0.1, 0.15) is 40.2 Å². The first kappa shape index (κ1) is 18.4. The van der Waals surface area contributed by atoms with Gasteiger partial charge in [-0.1, -0.05) is 29.8 Å². The SMILES string of the molecule is COc1ccc(C2C[C@@H]3OC2[C@H]2C(O)=C(c4c(C)cc(C)cc4C)C(=O)[C@@H]32)cc1. The third kappa shape index (κ3) is 2.58. The molecule has 29 heavy (non-hydrogen) atoms. The van der Waals surface area contributed by atoms with Crippen LogP contribution in [0.5, 0.6) is 5.75 Å². The zero-order valence-corrected chi connectivity index (χ0v) is 17.2. The second kappa shape index (κ2) is 6.46. The van der Waals surface area contributed by atoms with Gasteiger partial charge in [0.05, 0.1) is 36.7 Å². The van der Waals surface area contributed by atoms with Gasteiger partial charge in [-0.2, -0.15) is 0 Å². The van der Waals surface area contributed by atoms with Crippen LogP contribution < -0.4 is 4.74 Å². The molecule has 2 heterocycles. The fourth-order valence-corrected chi connectivity index (χ4v) is 5.86. The largest absolute Gasteiger partial charge is 0.511 e. The third-order valence-electron chi connectivity index (χ3n) is 6.95. The van der Waals surface area contributed by atoms with E-state index >= 15 is 0 Å². The maximum Gasteiger partial charge on any atom is 0.173 e. The lowest BCUT2D eigenvalue weighted by atomic mass is 9.72. The molecule has 2 saturated heterocycles. The van der Waals surface area contributed by atoms with E-state index in [4.69, 9.17) is 9.47 Å². The van der Waals surface area contributed by atoms with Crippen molar-refractivity contribution in [3.8, 4) is 5.75 Å². The Morgan fingerprint density at radius 3 is 2.31 bits per heavy atom. The summed E-state index contributed by atoms with van der Waals surface area (Å²) in [5.74, 6) is 0.765. The Labute approximate surface area is 171 Å². The Bertz CT molecular complexity index is 1010. The van der Waals surface area contributed by atoms with E-state index in [0.29, 0.717) is 5.57 Å². The molecule has 4 heteroatoms. The van der Waals surface area contributed by atoms with Gasteiger partial charge in [-0.05, 0) is 61.6 Å². The van der Waals surface area contributed by atoms with Crippen molar-refractivity contribution in [2.75, 3.05) is 7.11 Å². The molecule has 1 N–H and O–H groups in total. The van der Waals surface area contributed by atoms with Crippen molar-refractivity contribution in [2.45, 2.75) is 45.3 Å². The molecule has 2 unspecified atom stereocenters. The number of hydrogen-bond donors (Lipinski definition) is 1. The highest BCUT2D eigenvalue weighted by Crippen LogP contribution is 2.58. The van der Waals surface area contributed by atoms with Crippen LogP contribution in [0.4, 0.5) is 0 Å². The molecule has 0 saturated carbocycles. The lowest BCUT2D eigenvalue weighted by molar-refractivity contribution is -0.118. The number of allylic oxidation sites excluding steroid dienone is 1. The van der Waals surface area contributed by atoms with Gasteiger partial charge in [0.2, 0.25) is 0 Å². The topological polar surface area (TPSA) is 55.8 Å². The standard InChI is InChI=1S/C25H26O4/c1-12-9-13(2)19(14(3)10-12)21-23(26)20-18-11-17(25(29-18)22(20)24(21)27)15-5-7-16(28-4)8-6-15/h5-10,17-18,20,22,25,27H,11H2,1-4H3/t17?,18-,20-,22+,25?/m0/s1. The number of hydrogen-bond acceptors (Lipinski definition) is 4. The van der Waals surface area contributed by atoms with Crippen LogP contribution in [0.3, 0.4) is 0 Å². The summed E-state index contributed by atoms with van der Waals surface area (Å²) in [6.07, 6.45) is 0.525. The summed E-state index contributed by atoms with van der Waals surface area (Å²) in [4.78, 5) is 13.4. The first-order chi connectivity index (χ1) is 13.9. The van der Waals surface area contributed by atoms with Crippen LogP contribution in [-0.4, -0.2) is 30.2 Å². The van der Waals surface area contributed by atoms with E-state index in [1.54, 1.807) is 7.11 Å². The second-order valence-electron chi connectivity index (χ2n) is 8.70. The maximum atomic E-state index is 13.4. The van der Waals surface area contributed by atoms with E-state index < -0.39 is 0 Å². The van der Waals surface area contributed by atoms with E-state index in [9.17, 15) is 9.90 Å². The molecule has 2 bridgehead atoms. The van der Waals surface area contributed by atoms with Crippen LogP contribution in [0.25, 0.3) is 5.57 Å². The molecule has 5 atom stereocenters. The van der Waals surface area contributed by atoms with Gasteiger partial charge in [0.15, 0.2) is 5.78 Å². The zero-order valence-electron chi connectivity index (χ0n) is 17.2. The van der Waals surface area contributed by atoms with Crippen LogP contribution in [0, 0.1) is 32.6 Å². The molecule has 4 nitrogen and oxygen atoms in total. The summed E-state index contributed by atoms with van der Waals surface area (Å²) >= 11 is 0. The molecule has 3 aliphatic rings. The summed E-state index contributed by atoms with van der Waals surface area (Å²) in [7, 11) is 1.66. The summed E-state index contributed by atoms with van der Waals surface area (Å²) in [6.45, 7) is 6.08. The molecule has 150 valence electrons. The van der Waals surface area contributed by atoms with Gasteiger partial charge >= 0.3 is 0 Å². The van der Waals surface area contributed by atoms with E-state index in [1.165, 1.54) is 5.56 Å². The number of fused-ring (bicyclic) bond motifs is 5. The number of ether oxygens (including phenoxy) is 2. The van der Waals surface area contributed by atoms with Crippen molar-refractivity contribution < 1.29 is 19.4 Å². The molecular weight excluding hydrogens is 364 g/mol. The molecule has 2 aromatic rings. The minimum atomic E-state index is -0.260. The smallest absolute Gasteiger partial charge is 0.173 e. The molecule has 0 aromatic heterocycles. The number of ketones is 1. The Balaban J connectivity index is 1.54. The summed E-state index contributed by atoms with van der Waals surface area (Å²) in [5.41, 5.74) is 5.83. The van der Waals surface area contributed by atoms with E-state index in [1.807, 2.05) is 26.0 Å². The number of carbonyl (C=O) groups is 1. The molecule has 0 spiro atoms.